The lowest BCUT2D eigenvalue weighted by molar-refractivity contribution is 0.583. The summed E-state index contributed by atoms with van der Waals surface area (Å²) in [6.45, 7) is 4.38. The zero-order valence-electron chi connectivity index (χ0n) is 14.5. The van der Waals surface area contributed by atoms with E-state index in [0.717, 1.165) is 11.3 Å². The number of hydrogen-bond acceptors (Lipinski definition) is 6. The lowest BCUT2D eigenvalue weighted by Gasteiger charge is -2.09. The summed E-state index contributed by atoms with van der Waals surface area (Å²) in [6, 6.07) is 10.4. The van der Waals surface area contributed by atoms with Crippen LogP contribution >= 0.6 is 0 Å². The molecule has 26 heavy (non-hydrogen) atoms. The Morgan fingerprint density at radius 1 is 1.08 bits per heavy atom. The highest BCUT2D eigenvalue weighted by Gasteiger charge is 2.13. The van der Waals surface area contributed by atoms with E-state index in [0.29, 0.717) is 18.2 Å². The Balaban J connectivity index is 1.57. The average Bonchev–Trinajstić information content (AvgIpc) is 3.06. The fourth-order valence-corrected chi connectivity index (χ4v) is 3.49. The predicted octanol–water partition coefficient (Wildman–Crippen LogP) is 1.67. The number of anilines is 1. The molecule has 3 rings (SSSR count). The summed E-state index contributed by atoms with van der Waals surface area (Å²) >= 11 is 0. The van der Waals surface area contributed by atoms with Crippen molar-refractivity contribution in [2.45, 2.75) is 18.7 Å². The number of aryl methyl sites for hydroxylation is 2. The average molecular weight is 372 g/mol. The molecule has 0 saturated carbocycles. The maximum Gasteiger partial charge on any atom is 0.240 e. The third-order valence-electron chi connectivity index (χ3n) is 3.63. The highest BCUT2D eigenvalue weighted by molar-refractivity contribution is 7.89. The molecule has 0 aliphatic rings. The van der Waals surface area contributed by atoms with Crippen molar-refractivity contribution < 1.29 is 8.42 Å². The molecule has 0 spiro atoms. The number of aromatic nitrogens is 4. The van der Waals surface area contributed by atoms with Crippen molar-refractivity contribution in [2.75, 3.05) is 18.4 Å². The molecule has 0 unspecified atom stereocenters. The summed E-state index contributed by atoms with van der Waals surface area (Å²) < 4.78 is 28.7. The Morgan fingerprint density at radius 2 is 1.92 bits per heavy atom. The van der Waals surface area contributed by atoms with Crippen LogP contribution < -0.4 is 10.0 Å². The minimum absolute atomic E-state index is 0.233. The summed E-state index contributed by atoms with van der Waals surface area (Å²) in [5.41, 5.74) is 1.79. The molecular formula is C17H20N6O2S. The fourth-order valence-electron chi connectivity index (χ4n) is 2.35. The van der Waals surface area contributed by atoms with Crippen LogP contribution in [0.3, 0.4) is 0 Å². The monoisotopic (exact) mass is 372 g/mol. The van der Waals surface area contributed by atoms with E-state index in [9.17, 15) is 8.42 Å². The quantitative estimate of drug-likeness (QED) is 0.612. The number of nitrogens with zero attached hydrogens (tertiary/aromatic N) is 4. The molecule has 1 aromatic carbocycles. The number of sulfonamides is 1. The van der Waals surface area contributed by atoms with E-state index < -0.39 is 10.0 Å². The van der Waals surface area contributed by atoms with E-state index in [-0.39, 0.29) is 11.4 Å². The SMILES string of the molecule is Cc1cccc(S(=O)(=O)NCCNc2cc(-n3ccc(C)n3)ncn2)c1. The molecule has 0 saturated heterocycles. The van der Waals surface area contributed by atoms with Crippen LogP contribution in [0.2, 0.25) is 0 Å². The van der Waals surface area contributed by atoms with Crippen molar-refractivity contribution >= 4 is 15.8 Å². The fraction of sp³-hybridized carbons (Fsp3) is 0.235. The van der Waals surface area contributed by atoms with Crippen LogP contribution in [0, 0.1) is 13.8 Å². The molecule has 9 heteroatoms. The van der Waals surface area contributed by atoms with Crippen LogP contribution in [-0.4, -0.2) is 41.3 Å². The van der Waals surface area contributed by atoms with Gasteiger partial charge in [-0.1, -0.05) is 12.1 Å². The van der Waals surface area contributed by atoms with Gasteiger partial charge in [0.1, 0.15) is 12.1 Å². The van der Waals surface area contributed by atoms with Crippen molar-refractivity contribution in [3.8, 4) is 5.82 Å². The van der Waals surface area contributed by atoms with Gasteiger partial charge in [0.15, 0.2) is 5.82 Å². The molecular weight excluding hydrogens is 352 g/mol. The topological polar surface area (TPSA) is 102 Å². The minimum Gasteiger partial charge on any atom is -0.369 e. The van der Waals surface area contributed by atoms with Gasteiger partial charge in [-0.05, 0) is 37.6 Å². The summed E-state index contributed by atoms with van der Waals surface area (Å²) in [5.74, 6) is 1.23. The molecule has 8 nitrogen and oxygen atoms in total. The lowest BCUT2D eigenvalue weighted by atomic mass is 10.2. The van der Waals surface area contributed by atoms with Crippen molar-refractivity contribution in [2.24, 2.45) is 0 Å². The summed E-state index contributed by atoms with van der Waals surface area (Å²) in [4.78, 5) is 8.57. The van der Waals surface area contributed by atoms with Crippen LogP contribution in [0.4, 0.5) is 5.82 Å². The van der Waals surface area contributed by atoms with E-state index in [2.05, 4.69) is 25.1 Å². The molecule has 136 valence electrons. The molecule has 0 aliphatic carbocycles. The molecule has 0 aliphatic heterocycles. The van der Waals surface area contributed by atoms with Gasteiger partial charge in [0, 0.05) is 25.4 Å². The maximum absolute atomic E-state index is 12.3. The van der Waals surface area contributed by atoms with Crippen molar-refractivity contribution in [1.29, 1.82) is 0 Å². The second kappa shape index (κ2) is 7.63. The largest absolute Gasteiger partial charge is 0.369 e. The second-order valence-corrected chi connectivity index (χ2v) is 7.57. The van der Waals surface area contributed by atoms with E-state index >= 15 is 0 Å². The number of rotatable bonds is 7. The predicted molar refractivity (Wildman–Crippen MR) is 98.7 cm³/mol. The van der Waals surface area contributed by atoms with Crippen molar-refractivity contribution in [3.63, 3.8) is 0 Å². The van der Waals surface area contributed by atoms with Crippen LogP contribution in [0.1, 0.15) is 11.3 Å². The Hall–Kier alpha value is -2.78. The van der Waals surface area contributed by atoms with E-state index in [1.54, 1.807) is 28.9 Å². The van der Waals surface area contributed by atoms with Gasteiger partial charge in [0.25, 0.3) is 0 Å². The Morgan fingerprint density at radius 3 is 2.65 bits per heavy atom. The molecule has 2 N–H and O–H groups in total. The van der Waals surface area contributed by atoms with Gasteiger partial charge >= 0.3 is 0 Å². The molecule has 2 heterocycles. The van der Waals surface area contributed by atoms with Gasteiger partial charge in [0.2, 0.25) is 10.0 Å². The van der Waals surface area contributed by atoms with Gasteiger partial charge in [-0.3, -0.25) is 0 Å². The van der Waals surface area contributed by atoms with Crippen LogP contribution in [0.5, 0.6) is 0 Å². The highest BCUT2D eigenvalue weighted by atomic mass is 32.2. The molecule has 2 aromatic heterocycles. The molecule has 0 bridgehead atoms. The van der Waals surface area contributed by atoms with Gasteiger partial charge in [-0.25, -0.2) is 27.8 Å². The zero-order valence-corrected chi connectivity index (χ0v) is 15.4. The minimum atomic E-state index is -3.52. The normalized spacial score (nSPS) is 11.5. The van der Waals surface area contributed by atoms with Gasteiger partial charge in [-0.2, -0.15) is 5.10 Å². The molecule has 0 amide bonds. The van der Waals surface area contributed by atoms with Crippen molar-refractivity contribution in [1.82, 2.24) is 24.5 Å². The summed E-state index contributed by atoms with van der Waals surface area (Å²) in [5, 5.41) is 7.38. The van der Waals surface area contributed by atoms with Gasteiger partial charge in [0.05, 0.1) is 10.6 Å². The molecule has 0 radical (unpaired) electrons. The van der Waals surface area contributed by atoms with Gasteiger partial charge in [-0.15, -0.1) is 0 Å². The third-order valence-corrected chi connectivity index (χ3v) is 5.09. The van der Waals surface area contributed by atoms with E-state index in [1.165, 1.54) is 6.33 Å². The number of nitrogens with one attached hydrogen (secondary N) is 2. The first kappa shape index (κ1) is 18.0. The zero-order chi connectivity index (χ0) is 18.6. The number of hydrogen-bond donors (Lipinski definition) is 2. The van der Waals surface area contributed by atoms with Gasteiger partial charge < -0.3 is 5.32 Å². The number of benzene rings is 1. The highest BCUT2D eigenvalue weighted by Crippen LogP contribution is 2.11. The maximum atomic E-state index is 12.3. The second-order valence-electron chi connectivity index (χ2n) is 5.80. The summed E-state index contributed by atoms with van der Waals surface area (Å²) in [7, 11) is -3.52. The molecule has 0 fully saturated rings. The summed E-state index contributed by atoms with van der Waals surface area (Å²) in [6.07, 6.45) is 3.25. The first-order chi connectivity index (χ1) is 12.4. The molecule has 0 atom stereocenters. The van der Waals surface area contributed by atoms with Crippen LogP contribution in [0.25, 0.3) is 5.82 Å². The first-order valence-electron chi connectivity index (χ1n) is 8.09. The molecule has 3 aromatic rings. The van der Waals surface area contributed by atoms with E-state index in [4.69, 9.17) is 0 Å². The standard InChI is InChI=1S/C17H20N6O2S/c1-13-4-3-5-15(10-13)26(24,25)21-8-7-18-16-11-17(20-12-19-16)23-9-6-14(2)22-23/h3-6,9-12,21H,7-8H2,1-2H3,(H,18,19,20). The van der Waals surface area contributed by atoms with Crippen LogP contribution in [-0.2, 0) is 10.0 Å². The van der Waals surface area contributed by atoms with Crippen molar-refractivity contribution in [3.05, 3.63) is 60.2 Å². The van der Waals surface area contributed by atoms with E-state index in [1.807, 2.05) is 32.2 Å². The Kier molecular flexibility index (Phi) is 5.29. The third kappa shape index (κ3) is 4.44. The smallest absolute Gasteiger partial charge is 0.240 e. The lowest BCUT2D eigenvalue weighted by Crippen LogP contribution is -2.29. The Labute approximate surface area is 152 Å². The Bertz CT molecular complexity index is 1000. The van der Waals surface area contributed by atoms with Crippen LogP contribution in [0.15, 0.2) is 53.8 Å². The first-order valence-corrected chi connectivity index (χ1v) is 9.57.